The Morgan fingerprint density at radius 2 is 1.84 bits per heavy atom. The van der Waals surface area contributed by atoms with Crippen LogP contribution in [0.5, 0.6) is 0 Å². The molecule has 4 unspecified atom stereocenters. The van der Waals surface area contributed by atoms with Crippen molar-refractivity contribution >= 4 is 53.1 Å². The lowest BCUT2D eigenvalue weighted by Gasteiger charge is -2.34. The summed E-state index contributed by atoms with van der Waals surface area (Å²) < 4.78 is 33.1. The molecule has 0 aliphatic carbocycles. The van der Waals surface area contributed by atoms with Crippen LogP contribution in [0.15, 0.2) is 36.4 Å². The molecule has 1 saturated heterocycles. The Labute approximate surface area is 254 Å². The van der Waals surface area contributed by atoms with Gasteiger partial charge in [-0.1, -0.05) is 44.2 Å². The highest BCUT2D eigenvalue weighted by molar-refractivity contribution is 5.91. The maximum absolute atomic E-state index is 13.9. The van der Waals surface area contributed by atoms with Gasteiger partial charge in [-0.2, -0.15) is 0 Å². The number of carboxylic acid groups (broad SMARTS) is 1. The summed E-state index contributed by atoms with van der Waals surface area (Å²) in [6.07, 6.45) is -1.39. The molecule has 0 saturated carbocycles. The van der Waals surface area contributed by atoms with Gasteiger partial charge in [0, 0.05) is 18.0 Å². The molecule has 43 heavy (non-hydrogen) atoms. The average molecular weight is 626 g/mol. The van der Waals surface area contributed by atoms with Crippen LogP contribution in [-0.2, 0) is 23.9 Å². The van der Waals surface area contributed by atoms with Crippen LogP contribution in [0.25, 0.3) is 17.0 Å². The molecule has 1 fully saturated rings. The first-order valence-electron chi connectivity index (χ1n) is 13.7. The third-order valence-electron chi connectivity index (χ3n) is 6.83. The number of pyridine rings is 1. The molecule has 5 N–H and O–H groups in total. The van der Waals surface area contributed by atoms with Crippen LogP contribution in [0.3, 0.4) is 0 Å². The number of fused-ring (bicyclic) bond motifs is 1. The minimum Gasteiger partial charge on any atom is -0.480 e. The van der Waals surface area contributed by atoms with E-state index in [1.807, 2.05) is 12.1 Å². The SMILES string of the molecule is CC(NC(=O)C(OC(=O)C(/C=C/c1ccc2ccc([C@@H](C)N)nc2c1)C(F)F)C(C)C)C(=O)N1CCCC(C(=O)O)N1.Cl. The molecule has 2 heterocycles. The number of hydrogen-bond donors (Lipinski definition) is 4. The van der Waals surface area contributed by atoms with Crippen LogP contribution < -0.4 is 16.5 Å². The summed E-state index contributed by atoms with van der Waals surface area (Å²) >= 11 is 0. The minimum absolute atomic E-state index is 0. The molecular formula is C29H38ClF2N5O6. The highest BCUT2D eigenvalue weighted by Crippen LogP contribution is 2.22. The Morgan fingerprint density at radius 1 is 1.16 bits per heavy atom. The van der Waals surface area contributed by atoms with E-state index in [0.717, 1.165) is 16.5 Å². The maximum atomic E-state index is 13.9. The predicted molar refractivity (Wildman–Crippen MR) is 158 cm³/mol. The van der Waals surface area contributed by atoms with E-state index in [4.69, 9.17) is 10.5 Å². The number of nitrogens with two attached hydrogens (primary N) is 1. The molecule has 1 aromatic carbocycles. The van der Waals surface area contributed by atoms with Crippen LogP contribution >= 0.6 is 12.4 Å². The monoisotopic (exact) mass is 625 g/mol. The van der Waals surface area contributed by atoms with Crippen molar-refractivity contribution in [2.45, 2.75) is 71.2 Å². The van der Waals surface area contributed by atoms with Crippen LogP contribution in [0, 0.1) is 11.8 Å². The second-order valence-corrected chi connectivity index (χ2v) is 10.7. The number of hydrogen-bond acceptors (Lipinski definition) is 8. The molecule has 0 bridgehead atoms. The van der Waals surface area contributed by atoms with Gasteiger partial charge in [0.15, 0.2) is 6.10 Å². The number of carbonyl (C=O) groups excluding carboxylic acids is 3. The zero-order chi connectivity index (χ0) is 31.1. The fraction of sp³-hybridized carbons (Fsp3) is 0.483. The van der Waals surface area contributed by atoms with Gasteiger partial charge in [0.25, 0.3) is 18.2 Å². The number of benzene rings is 1. The number of nitrogens with one attached hydrogen (secondary N) is 2. The van der Waals surface area contributed by atoms with Crippen molar-refractivity contribution in [2.24, 2.45) is 17.6 Å². The van der Waals surface area contributed by atoms with Crippen molar-refractivity contribution in [3.63, 3.8) is 0 Å². The predicted octanol–water partition coefficient (Wildman–Crippen LogP) is 3.22. The van der Waals surface area contributed by atoms with Crippen LogP contribution in [0.1, 0.15) is 57.8 Å². The van der Waals surface area contributed by atoms with Crippen LogP contribution in [0.2, 0.25) is 0 Å². The Hall–Kier alpha value is -3.68. The first-order valence-corrected chi connectivity index (χ1v) is 13.7. The molecule has 11 nitrogen and oxygen atoms in total. The van der Waals surface area contributed by atoms with Gasteiger partial charge in [-0.25, -0.2) is 14.2 Å². The number of alkyl halides is 2. The Balaban J connectivity index is 0.00000645. The summed E-state index contributed by atoms with van der Waals surface area (Å²) in [6, 6.07) is 6.48. The lowest BCUT2D eigenvalue weighted by molar-refractivity contribution is -0.165. The number of aromatic nitrogens is 1. The molecule has 1 aliphatic rings. The van der Waals surface area contributed by atoms with Gasteiger partial charge in [-0.15, -0.1) is 12.4 Å². The topological polar surface area (TPSA) is 164 Å². The van der Waals surface area contributed by atoms with Crippen molar-refractivity contribution in [3.8, 4) is 0 Å². The number of carboxylic acids is 1. The fourth-order valence-corrected chi connectivity index (χ4v) is 4.40. The molecule has 0 spiro atoms. The molecule has 1 aliphatic heterocycles. The Bertz CT molecular complexity index is 1340. The maximum Gasteiger partial charge on any atom is 0.322 e. The second-order valence-electron chi connectivity index (χ2n) is 10.7. The van der Waals surface area contributed by atoms with Crippen molar-refractivity contribution in [1.82, 2.24) is 20.7 Å². The standard InChI is InChI=1S/C29H37F2N5O6.ClH/c1-15(2)24(26(37)33-17(4)27(38)36-13-5-6-22(35-36)28(39)40)42-29(41)20(25(30)31)11-8-18-7-9-19-10-12-21(16(3)32)34-23(19)14-18;/h7-12,14-17,20,22,24-25,35H,5-6,13,32H2,1-4H3,(H,33,37)(H,39,40);1H/b11-8+;/t16-,17?,20?,22?,24?;/m1./s1. The number of halogens is 3. The number of aliphatic carboxylic acids is 1. The quantitative estimate of drug-likeness (QED) is 0.274. The van der Waals surface area contributed by atoms with Gasteiger partial charge in [0.05, 0.1) is 11.2 Å². The number of amides is 2. The van der Waals surface area contributed by atoms with Crippen LogP contribution in [0.4, 0.5) is 8.78 Å². The number of rotatable bonds is 11. The number of carbonyl (C=O) groups is 4. The molecule has 1 aromatic heterocycles. The van der Waals surface area contributed by atoms with Crippen molar-refractivity contribution in [1.29, 1.82) is 0 Å². The summed E-state index contributed by atoms with van der Waals surface area (Å²) in [5.74, 6) is -6.39. The van der Waals surface area contributed by atoms with E-state index in [9.17, 15) is 33.1 Å². The number of esters is 1. The van der Waals surface area contributed by atoms with Crippen molar-refractivity contribution in [2.75, 3.05) is 6.54 Å². The third kappa shape index (κ3) is 9.40. The smallest absolute Gasteiger partial charge is 0.322 e. The normalized spacial score (nSPS) is 18.2. The van der Waals surface area contributed by atoms with E-state index in [0.29, 0.717) is 29.6 Å². The van der Waals surface area contributed by atoms with Gasteiger partial charge in [0.1, 0.15) is 18.0 Å². The Kier molecular flexibility index (Phi) is 13.0. The van der Waals surface area contributed by atoms with Gasteiger partial charge in [-0.05, 0) is 50.3 Å². The first kappa shape index (κ1) is 35.5. The van der Waals surface area contributed by atoms with Gasteiger partial charge in [-0.3, -0.25) is 29.2 Å². The zero-order valence-electron chi connectivity index (χ0n) is 24.3. The molecule has 2 aromatic rings. The molecule has 5 atom stereocenters. The van der Waals surface area contributed by atoms with E-state index in [1.165, 1.54) is 13.0 Å². The summed E-state index contributed by atoms with van der Waals surface area (Å²) in [7, 11) is 0. The lowest BCUT2D eigenvalue weighted by atomic mass is 10.0. The number of ether oxygens (including phenoxy) is 1. The van der Waals surface area contributed by atoms with E-state index in [1.54, 1.807) is 39.0 Å². The lowest BCUT2D eigenvalue weighted by Crippen LogP contribution is -2.60. The molecule has 14 heteroatoms. The van der Waals surface area contributed by atoms with E-state index < -0.39 is 60.2 Å². The fourth-order valence-electron chi connectivity index (χ4n) is 4.40. The largest absolute Gasteiger partial charge is 0.480 e. The van der Waals surface area contributed by atoms with E-state index >= 15 is 0 Å². The minimum atomic E-state index is -3.11. The summed E-state index contributed by atoms with van der Waals surface area (Å²) in [6.45, 7) is 6.57. The molecule has 3 rings (SSSR count). The van der Waals surface area contributed by atoms with Crippen LogP contribution in [-0.4, -0.2) is 70.0 Å². The number of nitrogens with zero attached hydrogens (tertiary/aromatic N) is 2. The van der Waals surface area contributed by atoms with Gasteiger partial charge < -0.3 is 20.9 Å². The molecule has 0 radical (unpaired) electrons. The van der Waals surface area contributed by atoms with Crippen molar-refractivity contribution < 1.29 is 37.8 Å². The highest BCUT2D eigenvalue weighted by Gasteiger charge is 2.36. The van der Waals surface area contributed by atoms with E-state index in [2.05, 4.69) is 15.7 Å². The first-order chi connectivity index (χ1) is 19.8. The summed E-state index contributed by atoms with van der Waals surface area (Å²) in [4.78, 5) is 54.3. The molecular weight excluding hydrogens is 588 g/mol. The third-order valence-corrected chi connectivity index (χ3v) is 6.83. The molecule has 2 amide bonds. The van der Waals surface area contributed by atoms with Crippen molar-refractivity contribution in [3.05, 3.63) is 47.7 Å². The second kappa shape index (κ2) is 15.7. The summed E-state index contributed by atoms with van der Waals surface area (Å²) in [5.41, 5.74) is 10.3. The van der Waals surface area contributed by atoms with Gasteiger partial charge >= 0.3 is 11.9 Å². The van der Waals surface area contributed by atoms with E-state index in [-0.39, 0.29) is 25.0 Å². The van der Waals surface area contributed by atoms with Gasteiger partial charge in [0.2, 0.25) is 0 Å². The summed E-state index contributed by atoms with van der Waals surface area (Å²) in [5, 5.41) is 13.6. The molecule has 236 valence electrons. The Morgan fingerprint density at radius 3 is 2.44 bits per heavy atom. The average Bonchev–Trinajstić information content (AvgIpc) is 2.94. The number of hydrazine groups is 1. The highest BCUT2D eigenvalue weighted by atomic mass is 35.5. The zero-order valence-corrected chi connectivity index (χ0v) is 25.1.